The van der Waals surface area contributed by atoms with Crippen LogP contribution in [-0.2, 0) is 10.0 Å². The summed E-state index contributed by atoms with van der Waals surface area (Å²) in [5.74, 6) is 0.569. The fourth-order valence-corrected chi connectivity index (χ4v) is 5.90. The first-order chi connectivity index (χ1) is 12.8. The van der Waals surface area contributed by atoms with Crippen molar-refractivity contribution in [1.82, 2.24) is 14.9 Å². The highest BCUT2D eigenvalue weighted by Crippen LogP contribution is 2.26. The number of nitrogens with zero attached hydrogens (tertiary/aromatic N) is 1. The highest BCUT2D eigenvalue weighted by molar-refractivity contribution is 7.89. The molecule has 0 spiro atoms. The molecule has 150 valence electrons. The summed E-state index contributed by atoms with van der Waals surface area (Å²) in [5.41, 5.74) is 0.493. The number of amides is 1. The quantitative estimate of drug-likeness (QED) is 0.822. The second kappa shape index (κ2) is 8.29. The topological polar surface area (TPSA) is 78.5 Å². The molecule has 3 rings (SSSR count). The second-order valence-corrected chi connectivity index (χ2v) is 10.2. The number of hydrogen-bond acceptors (Lipinski definition) is 4. The van der Waals surface area contributed by atoms with Gasteiger partial charge >= 0.3 is 0 Å². The van der Waals surface area contributed by atoms with E-state index in [1.54, 1.807) is 28.6 Å². The van der Waals surface area contributed by atoms with Crippen LogP contribution >= 0.6 is 0 Å². The summed E-state index contributed by atoms with van der Waals surface area (Å²) in [6.45, 7) is 8.34. The zero-order valence-corrected chi connectivity index (χ0v) is 17.3. The van der Waals surface area contributed by atoms with Crippen LogP contribution in [0.1, 0.15) is 50.4 Å². The van der Waals surface area contributed by atoms with Crippen LogP contribution in [0.15, 0.2) is 29.2 Å². The second-order valence-electron chi connectivity index (χ2n) is 8.26. The number of sulfonamides is 1. The van der Waals surface area contributed by atoms with Gasteiger partial charge in [-0.3, -0.25) is 4.79 Å². The van der Waals surface area contributed by atoms with Crippen LogP contribution in [-0.4, -0.2) is 50.3 Å². The molecule has 0 aromatic heterocycles. The van der Waals surface area contributed by atoms with Crippen molar-refractivity contribution in [3.63, 3.8) is 0 Å². The van der Waals surface area contributed by atoms with Crippen LogP contribution in [0.3, 0.4) is 0 Å². The summed E-state index contributed by atoms with van der Waals surface area (Å²) in [7, 11) is -3.51. The van der Waals surface area contributed by atoms with E-state index in [0.29, 0.717) is 30.5 Å². The standard InChI is InChI=1S/C20H31N3O3S/c1-14-11-15(2)13-23(12-14)27(25,26)18-8-6-17(7-9-18)20(24)22-19-5-4-10-21-16(19)3/h6-9,14-16,19,21H,4-5,10-13H2,1-3H3,(H,22,24). The number of nitrogens with one attached hydrogen (secondary N) is 2. The lowest BCUT2D eigenvalue weighted by molar-refractivity contribution is 0.0919. The fourth-order valence-electron chi connectivity index (χ4n) is 4.22. The van der Waals surface area contributed by atoms with Gasteiger partial charge in [-0.15, -0.1) is 0 Å². The molecule has 0 bridgehead atoms. The van der Waals surface area contributed by atoms with E-state index in [4.69, 9.17) is 0 Å². The highest BCUT2D eigenvalue weighted by Gasteiger charge is 2.31. The molecule has 7 heteroatoms. The molecule has 1 aromatic rings. The van der Waals surface area contributed by atoms with Crippen LogP contribution in [0.4, 0.5) is 0 Å². The van der Waals surface area contributed by atoms with Crippen molar-refractivity contribution in [3.8, 4) is 0 Å². The van der Waals surface area contributed by atoms with Gasteiger partial charge in [0.05, 0.1) is 4.90 Å². The summed E-state index contributed by atoms with van der Waals surface area (Å²) in [4.78, 5) is 12.8. The Morgan fingerprint density at radius 1 is 1.11 bits per heavy atom. The van der Waals surface area contributed by atoms with E-state index in [1.165, 1.54) is 0 Å². The van der Waals surface area contributed by atoms with Crippen molar-refractivity contribution in [3.05, 3.63) is 29.8 Å². The van der Waals surface area contributed by atoms with Gasteiger partial charge < -0.3 is 10.6 Å². The van der Waals surface area contributed by atoms with Gasteiger partial charge in [0.25, 0.3) is 5.91 Å². The maximum absolute atomic E-state index is 12.9. The molecule has 6 nitrogen and oxygen atoms in total. The maximum Gasteiger partial charge on any atom is 0.251 e. The lowest BCUT2D eigenvalue weighted by atomic mass is 9.94. The fraction of sp³-hybridized carbons (Fsp3) is 0.650. The van der Waals surface area contributed by atoms with E-state index in [9.17, 15) is 13.2 Å². The molecule has 27 heavy (non-hydrogen) atoms. The smallest absolute Gasteiger partial charge is 0.251 e. The Bertz CT molecular complexity index is 753. The van der Waals surface area contributed by atoms with Gasteiger partial charge in [-0.05, 0) is 68.8 Å². The van der Waals surface area contributed by atoms with E-state index in [2.05, 4.69) is 31.4 Å². The van der Waals surface area contributed by atoms with Crippen LogP contribution in [0.2, 0.25) is 0 Å². The summed E-state index contributed by atoms with van der Waals surface area (Å²) in [5, 5.41) is 6.42. The largest absolute Gasteiger partial charge is 0.348 e. The molecule has 2 heterocycles. The van der Waals surface area contributed by atoms with E-state index in [1.807, 2.05) is 0 Å². The summed E-state index contributed by atoms with van der Waals surface area (Å²) in [6.07, 6.45) is 3.05. The van der Waals surface area contributed by atoms with Crippen molar-refractivity contribution in [2.24, 2.45) is 11.8 Å². The average Bonchev–Trinajstić information content (AvgIpc) is 2.63. The molecular weight excluding hydrogens is 362 g/mol. The number of carbonyl (C=O) groups is 1. The van der Waals surface area contributed by atoms with Gasteiger partial charge in [0.1, 0.15) is 0 Å². The van der Waals surface area contributed by atoms with Crippen LogP contribution < -0.4 is 10.6 Å². The molecule has 0 radical (unpaired) electrons. The lowest BCUT2D eigenvalue weighted by Crippen LogP contribution is -2.51. The SMILES string of the molecule is CC1CC(C)CN(S(=O)(=O)c2ccc(C(=O)NC3CCCNC3C)cc2)C1. The van der Waals surface area contributed by atoms with Gasteiger partial charge in [0.15, 0.2) is 0 Å². The molecular formula is C20H31N3O3S. The van der Waals surface area contributed by atoms with Gasteiger partial charge in [-0.25, -0.2) is 8.42 Å². The molecule has 2 aliphatic rings. The Morgan fingerprint density at radius 2 is 1.74 bits per heavy atom. The van der Waals surface area contributed by atoms with Gasteiger partial charge in [0, 0.05) is 30.7 Å². The zero-order chi connectivity index (χ0) is 19.6. The minimum absolute atomic E-state index is 0.103. The molecule has 4 unspecified atom stereocenters. The summed E-state index contributed by atoms with van der Waals surface area (Å²) >= 11 is 0. The molecule has 1 amide bonds. The Labute approximate surface area is 162 Å². The first-order valence-electron chi connectivity index (χ1n) is 9.92. The molecule has 4 atom stereocenters. The number of benzene rings is 1. The number of rotatable bonds is 4. The van der Waals surface area contributed by atoms with Crippen molar-refractivity contribution >= 4 is 15.9 Å². The number of carbonyl (C=O) groups excluding carboxylic acids is 1. The molecule has 2 saturated heterocycles. The van der Waals surface area contributed by atoms with Crippen molar-refractivity contribution in [2.75, 3.05) is 19.6 Å². The van der Waals surface area contributed by atoms with Gasteiger partial charge in [0.2, 0.25) is 10.0 Å². The molecule has 1 aromatic carbocycles. The van der Waals surface area contributed by atoms with Crippen LogP contribution in [0, 0.1) is 11.8 Å². The first kappa shape index (κ1) is 20.3. The van der Waals surface area contributed by atoms with Crippen molar-refractivity contribution < 1.29 is 13.2 Å². The average molecular weight is 394 g/mol. The third-order valence-corrected chi connectivity index (χ3v) is 7.51. The predicted octanol–water partition coefficient (Wildman–Crippen LogP) is 2.22. The summed E-state index contributed by atoms with van der Waals surface area (Å²) in [6, 6.07) is 6.67. The van der Waals surface area contributed by atoms with E-state index >= 15 is 0 Å². The number of piperidine rings is 2. The Morgan fingerprint density at radius 3 is 2.33 bits per heavy atom. The van der Waals surface area contributed by atoms with E-state index in [0.717, 1.165) is 25.8 Å². The third kappa shape index (κ3) is 4.70. The highest BCUT2D eigenvalue weighted by atomic mass is 32.2. The molecule has 2 fully saturated rings. The minimum Gasteiger partial charge on any atom is -0.348 e. The Balaban J connectivity index is 1.69. The molecule has 2 N–H and O–H groups in total. The minimum atomic E-state index is -3.51. The van der Waals surface area contributed by atoms with Crippen molar-refractivity contribution in [2.45, 2.75) is 57.0 Å². The predicted molar refractivity (Wildman–Crippen MR) is 106 cm³/mol. The van der Waals surface area contributed by atoms with Crippen molar-refractivity contribution in [1.29, 1.82) is 0 Å². The lowest BCUT2D eigenvalue weighted by Gasteiger charge is -2.34. The van der Waals surface area contributed by atoms with Crippen LogP contribution in [0.5, 0.6) is 0 Å². The monoisotopic (exact) mass is 393 g/mol. The summed E-state index contributed by atoms with van der Waals surface area (Å²) < 4.78 is 27.5. The van der Waals surface area contributed by atoms with E-state index in [-0.39, 0.29) is 22.9 Å². The normalized spacial score (nSPS) is 30.0. The van der Waals surface area contributed by atoms with E-state index < -0.39 is 10.0 Å². The molecule has 0 aliphatic carbocycles. The molecule has 0 saturated carbocycles. The third-order valence-electron chi connectivity index (χ3n) is 5.67. The zero-order valence-electron chi connectivity index (χ0n) is 16.4. The van der Waals surface area contributed by atoms with Gasteiger partial charge in [-0.2, -0.15) is 4.31 Å². The van der Waals surface area contributed by atoms with Crippen LogP contribution in [0.25, 0.3) is 0 Å². The Kier molecular flexibility index (Phi) is 6.23. The Hall–Kier alpha value is -1.44. The molecule has 2 aliphatic heterocycles. The number of hydrogen-bond donors (Lipinski definition) is 2. The van der Waals surface area contributed by atoms with Gasteiger partial charge in [-0.1, -0.05) is 13.8 Å². The maximum atomic E-state index is 12.9. The first-order valence-corrected chi connectivity index (χ1v) is 11.4.